The van der Waals surface area contributed by atoms with Gasteiger partial charge in [0.2, 0.25) is 6.79 Å². The van der Waals surface area contributed by atoms with Gasteiger partial charge >= 0.3 is 0 Å². The molecule has 2 heterocycles. The summed E-state index contributed by atoms with van der Waals surface area (Å²) in [5, 5.41) is 21.3. The molecule has 0 radical (unpaired) electrons. The van der Waals surface area contributed by atoms with Gasteiger partial charge in [-0.15, -0.1) is 0 Å². The maximum absolute atomic E-state index is 13.5. The molecule has 2 aliphatic heterocycles. The number of phenolic OH excluding ortho intramolecular Hbond substituents is 1. The van der Waals surface area contributed by atoms with Crippen molar-refractivity contribution in [2.45, 2.75) is 13.0 Å². The summed E-state index contributed by atoms with van der Waals surface area (Å²) in [5.74, 6) is -1.82. The van der Waals surface area contributed by atoms with Crippen LogP contribution in [-0.4, -0.2) is 35.3 Å². The van der Waals surface area contributed by atoms with E-state index in [0.717, 1.165) is 12.1 Å². The SMILES string of the molecule is CCOc1cc(C2/C(=C(\O)c3ccc(F)cc3)C(=O)C(=O)N2c2ccc3c(c2)OCO3)ccc1O. The Kier molecular flexibility index (Phi) is 5.52. The first kappa shape index (κ1) is 22.3. The first-order chi connectivity index (χ1) is 16.9. The van der Waals surface area contributed by atoms with Crippen molar-refractivity contribution in [2.75, 3.05) is 18.3 Å². The van der Waals surface area contributed by atoms with Crippen LogP contribution in [0.5, 0.6) is 23.0 Å². The molecule has 9 heteroatoms. The van der Waals surface area contributed by atoms with Crippen LogP contribution >= 0.6 is 0 Å². The molecule has 2 N–H and O–H groups in total. The first-order valence-electron chi connectivity index (χ1n) is 10.8. The minimum absolute atomic E-state index is 0.0290. The Labute approximate surface area is 199 Å². The predicted molar refractivity (Wildman–Crippen MR) is 123 cm³/mol. The van der Waals surface area contributed by atoms with E-state index in [1.165, 1.54) is 35.2 Å². The zero-order valence-electron chi connectivity index (χ0n) is 18.5. The number of ketones is 1. The second-order valence-corrected chi connectivity index (χ2v) is 7.87. The molecule has 0 saturated carbocycles. The summed E-state index contributed by atoms with van der Waals surface area (Å²) in [4.78, 5) is 27.8. The number of rotatable bonds is 5. The molecular formula is C26H20FNO7. The van der Waals surface area contributed by atoms with E-state index in [-0.39, 0.29) is 36.0 Å². The number of carbonyl (C=O) groups excluding carboxylic acids is 2. The molecule has 3 aromatic carbocycles. The van der Waals surface area contributed by atoms with Gasteiger partial charge in [0.1, 0.15) is 11.6 Å². The normalized spacial score (nSPS) is 18.2. The van der Waals surface area contributed by atoms with E-state index >= 15 is 0 Å². The number of aromatic hydroxyl groups is 1. The third-order valence-electron chi connectivity index (χ3n) is 5.80. The highest BCUT2D eigenvalue weighted by Gasteiger charge is 2.47. The summed E-state index contributed by atoms with van der Waals surface area (Å²) in [5.41, 5.74) is 0.730. The minimum Gasteiger partial charge on any atom is -0.507 e. The molecule has 2 aliphatic rings. The number of anilines is 1. The summed E-state index contributed by atoms with van der Waals surface area (Å²) in [6, 6.07) is 13.1. The van der Waals surface area contributed by atoms with Gasteiger partial charge in [-0.25, -0.2) is 4.39 Å². The molecule has 8 nitrogen and oxygen atoms in total. The van der Waals surface area contributed by atoms with Gasteiger partial charge in [-0.2, -0.15) is 0 Å². The van der Waals surface area contributed by atoms with Crippen LogP contribution in [0.3, 0.4) is 0 Å². The quantitative estimate of drug-likeness (QED) is 0.321. The van der Waals surface area contributed by atoms with Gasteiger partial charge in [0.15, 0.2) is 23.0 Å². The number of aliphatic hydroxyl groups is 1. The molecular weight excluding hydrogens is 457 g/mol. The Balaban J connectivity index is 1.71. The van der Waals surface area contributed by atoms with E-state index in [0.29, 0.717) is 22.7 Å². The lowest BCUT2D eigenvalue weighted by molar-refractivity contribution is -0.132. The van der Waals surface area contributed by atoms with Crippen LogP contribution in [0.25, 0.3) is 5.76 Å². The Hall–Kier alpha value is -4.53. The fourth-order valence-corrected chi connectivity index (χ4v) is 4.18. The maximum Gasteiger partial charge on any atom is 0.300 e. The van der Waals surface area contributed by atoms with Crippen molar-refractivity contribution in [3.05, 3.63) is 83.2 Å². The fraction of sp³-hybridized carbons (Fsp3) is 0.154. The van der Waals surface area contributed by atoms with Gasteiger partial charge < -0.3 is 24.4 Å². The van der Waals surface area contributed by atoms with E-state index in [2.05, 4.69) is 0 Å². The lowest BCUT2D eigenvalue weighted by Gasteiger charge is -2.26. The summed E-state index contributed by atoms with van der Waals surface area (Å²) in [6.07, 6.45) is 0. The average molecular weight is 477 g/mol. The van der Waals surface area contributed by atoms with Gasteiger partial charge in [-0.1, -0.05) is 6.07 Å². The Bertz CT molecular complexity index is 1370. The summed E-state index contributed by atoms with van der Waals surface area (Å²) in [7, 11) is 0. The lowest BCUT2D eigenvalue weighted by Crippen LogP contribution is -2.29. The molecule has 1 unspecified atom stereocenters. The molecule has 1 amide bonds. The number of hydrogen-bond donors (Lipinski definition) is 2. The standard InChI is InChI=1S/C26H20FNO7/c1-2-33-20-11-15(5-9-18(20)29)23-22(24(30)14-3-6-16(27)7-4-14)25(31)26(32)28(23)17-8-10-19-21(12-17)35-13-34-19/h3-12,23,29-30H,2,13H2,1H3/b24-22+. The predicted octanol–water partition coefficient (Wildman–Crippen LogP) is 4.29. The monoisotopic (exact) mass is 477 g/mol. The molecule has 0 bridgehead atoms. The van der Waals surface area contributed by atoms with Crippen LogP contribution in [-0.2, 0) is 9.59 Å². The highest BCUT2D eigenvalue weighted by Crippen LogP contribution is 2.46. The number of hydrogen-bond acceptors (Lipinski definition) is 7. The molecule has 0 spiro atoms. The van der Waals surface area contributed by atoms with Crippen molar-refractivity contribution in [1.82, 2.24) is 0 Å². The van der Waals surface area contributed by atoms with E-state index in [1.54, 1.807) is 25.1 Å². The number of nitrogens with zero attached hydrogens (tertiary/aromatic N) is 1. The molecule has 5 rings (SSSR count). The van der Waals surface area contributed by atoms with Crippen molar-refractivity contribution >= 4 is 23.1 Å². The van der Waals surface area contributed by atoms with E-state index < -0.39 is 29.3 Å². The number of aliphatic hydroxyl groups excluding tert-OH is 1. The molecule has 35 heavy (non-hydrogen) atoms. The van der Waals surface area contributed by atoms with Gasteiger partial charge in [0.25, 0.3) is 11.7 Å². The largest absolute Gasteiger partial charge is 0.507 e. The second kappa shape index (κ2) is 8.68. The van der Waals surface area contributed by atoms with Crippen molar-refractivity contribution in [3.8, 4) is 23.0 Å². The van der Waals surface area contributed by atoms with Gasteiger partial charge in [-0.3, -0.25) is 14.5 Å². The summed E-state index contributed by atoms with van der Waals surface area (Å²) >= 11 is 0. The zero-order chi connectivity index (χ0) is 24.7. The van der Waals surface area contributed by atoms with Crippen LogP contribution < -0.4 is 19.1 Å². The number of phenols is 1. The smallest absolute Gasteiger partial charge is 0.300 e. The van der Waals surface area contributed by atoms with Crippen LogP contribution in [0, 0.1) is 5.82 Å². The summed E-state index contributed by atoms with van der Waals surface area (Å²) in [6.45, 7) is 2.05. The van der Waals surface area contributed by atoms with Gasteiger partial charge in [-0.05, 0) is 61.0 Å². The number of carbonyl (C=O) groups is 2. The summed E-state index contributed by atoms with van der Waals surface area (Å²) < 4.78 is 29.7. The molecule has 178 valence electrons. The van der Waals surface area contributed by atoms with Crippen LogP contribution in [0.4, 0.5) is 10.1 Å². The van der Waals surface area contributed by atoms with Crippen molar-refractivity contribution in [2.24, 2.45) is 0 Å². The number of Topliss-reactive ketones (excluding diaryl/α,β-unsaturated/α-hetero) is 1. The molecule has 1 atom stereocenters. The molecule has 1 saturated heterocycles. The van der Waals surface area contributed by atoms with Crippen LogP contribution in [0.1, 0.15) is 24.1 Å². The van der Waals surface area contributed by atoms with Gasteiger partial charge in [0, 0.05) is 17.3 Å². The minimum atomic E-state index is -1.07. The van der Waals surface area contributed by atoms with Crippen LogP contribution in [0.2, 0.25) is 0 Å². The molecule has 0 aliphatic carbocycles. The van der Waals surface area contributed by atoms with E-state index in [9.17, 15) is 24.2 Å². The number of amides is 1. The molecule has 0 aromatic heterocycles. The number of ether oxygens (including phenoxy) is 3. The van der Waals surface area contributed by atoms with Crippen molar-refractivity contribution in [1.29, 1.82) is 0 Å². The molecule has 1 fully saturated rings. The topological polar surface area (TPSA) is 106 Å². The Morgan fingerprint density at radius 3 is 2.54 bits per heavy atom. The van der Waals surface area contributed by atoms with Crippen LogP contribution in [0.15, 0.2) is 66.2 Å². The van der Waals surface area contributed by atoms with Crippen molar-refractivity contribution < 1.29 is 38.4 Å². The second-order valence-electron chi connectivity index (χ2n) is 7.87. The lowest BCUT2D eigenvalue weighted by atomic mass is 9.94. The average Bonchev–Trinajstić information content (AvgIpc) is 3.42. The Morgan fingerprint density at radius 2 is 1.80 bits per heavy atom. The van der Waals surface area contributed by atoms with E-state index in [4.69, 9.17) is 14.2 Å². The first-order valence-corrected chi connectivity index (χ1v) is 10.8. The maximum atomic E-state index is 13.5. The third-order valence-corrected chi connectivity index (χ3v) is 5.80. The van der Waals surface area contributed by atoms with E-state index in [1.807, 2.05) is 0 Å². The number of halogens is 1. The third kappa shape index (κ3) is 3.80. The molecule has 3 aromatic rings. The van der Waals surface area contributed by atoms with Gasteiger partial charge in [0.05, 0.1) is 18.2 Å². The highest BCUT2D eigenvalue weighted by atomic mass is 19.1. The number of fused-ring (bicyclic) bond motifs is 1. The Morgan fingerprint density at radius 1 is 1.06 bits per heavy atom. The van der Waals surface area contributed by atoms with Crippen molar-refractivity contribution in [3.63, 3.8) is 0 Å². The zero-order valence-corrected chi connectivity index (χ0v) is 18.5. The number of benzene rings is 3. The highest BCUT2D eigenvalue weighted by molar-refractivity contribution is 6.51. The fourth-order valence-electron chi connectivity index (χ4n) is 4.18.